The van der Waals surface area contributed by atoms with E-state index in [1.807, 2.05) is 110 Å². The Labute approximate surface area is 270 Å². The van der Waals surface area contributed by atoms with Gasteiger partial charge >= 0.3 is 5.97 Å². The average Bonchev–Trinajstić information content (AvgIpc) is 3.05. The second kappa shape index (κ2) is 14.6. The summed E-state index contributed by atoms with van der Waals surface area (Å²) < 4.78 is 24.6. The van der Waals surface area contributed by atoms with Gasteiger partial charge in [0.25, 0.3) is 0 Å². The van der Waals surface area contributed by atoms with Crippen molar-refractivity contribution in [2.45, 2.75) is 53.1 Å². The third-order valence-corrected chi connectivity index (χ3v) is 7.10. The van der Waals surface area contributed by atoms with Gasteiger partial charge < -0.3 is 18.9 Å². The maximum absolute atomic E-state index is 14.7. The Kier molecular flexibility index (Phi) is 10.2. The zero-order valence-electron chi connectivity index (χ0n) is 26.6. The molecule has 0 amide bonds. The monoisotopic (exact) mass is 614 g/mol. The van der Waals surface area contributed by atoms with Crippen LogP contribution in [-0.2, 0) is 24.6 Å². The van der Waals surface area contributed by atoms with Crippen LogP contribution in [0.5, 0.6) is 17.2 Å². The van der Waals surface area contributed by atoms with Crippen molar-refractivity contribution in [3.05, 3.63) is 160 Å². The first-order valence-electron chi connectivity index (χ1n) is 15.2. The molecule has 0 fully saturated rings. The first-order chi connectivity index (χ1) is 22.2. The summed E-state index contributed by atoms with van der Waals surface area (Å²) in [5.41, 5.74) is 3.57. The summed E-state index contributed by atoms with van der Waals surface area (Å²) >= 11 is 0. The van der Waals surface area contributed by atoms with Gasteiger partial charge in [0.1, 0.15) is 48.2 Å². The molecule has 6 nitrogen and oxygen atoms in total. The molecule has 0 aliphatic heterocycles. The van der Waals surface area contributed by atoms with Gasteiger partial charge in [-0.25, -0.2) is 4.79 Å². The van der Waals surface area contributed by atoms with Gasteiger partial charge in [0.2, 0.25) is 5.78 Å². The molecule has 0 saturated carbocycles. The summed E-state index contributed by atoms with van der Waals surface area (Å²) in [5.74, 6) is -0.0467. The van der Waals surface area contributed by atoms with E-state index in [-0.39, 0.29) is 48.2 Å². The third-order valence-electron chi connectivity index (χ3n) is 7.10. The number of benzene rings is 5. The van der Waals surface area contributed by atoms with E-state index >= 15 is 0 Å². The summed E-state index contributed by atoms with van der Waals surface area (Å²) in [5, 5.41) is 0. The van der Waals surface area contributed by atoms with Gasteiger partial charge in [0.15, 0.2) is 0 Å². The van der Waals surface area contributed by atoms with E-state index in [1.54, 1.807) is 39.0 Å². The molecule has 0 aliphatic carbocycles. The van der Waals surface area contributed by atoms with Crippen LogP contribution >= 0.6 is 0 Å². The first-order valence-corrected chi connectivity index (χ1v) is 15.2. The highest BCUT2D eigenvalue weighted by Gasteiger charge is 2.29. The number of carbonyl (C=O) groups excluding carboxylic acids is 2. The fourth-order valence-electron chi connectivity index (χ4n) is 4.88. The van der Waals surface area contributed by atoms with E-state index in [4.69, 9.17) is 18.9 Å². The molecular formula is C40H38O6. The molecule has 6 heteroatoms. The maximum atomic E-state index is 14.7. The zero-order chi connectivity index (χ0) is 32.5. The minimum absolute atomic E-state index is 0.169. The number of rotatable bonds is 12. The summed E-state index contributed by atoms with van der Waals surface area (Å²) in [6, 6.07) is 37.6. The van der Waals surface area contributed by atoms with Gasteiger partial charge in [-0.15, -0.1) is 0 Å². The second-order valence-corrected chi connectivity index (χ2v) is 11.9. The van der Waals surface area contributed by atoms with Gasteiger partial charge in [0.05, 0.1) is 11.1 Å². The fourth-order valence-corrected chi connectivity index (χ4v) is 4.88. The lowest BCUT2D eigenvalue weighted by Crippen LogP contribution is -2.24. The molecule has 234 valence electrons. The quantitative estimate of drug-likeness (QED) is 0.103. The number of esters is 1. The van der Waals surface area contributed by atoms with Crippen molar-refractivity contribution in [2.24, 2.45) is 0 Å². The van der Waals surface area contributed by atoms with Crippen LogP contribution in [-0.4, -0.2) is 17.4 Å². The molecule has 0 N–H and O–H groups in total. The molecule has 0 radical (unpaired) electrons. The number of hydrogen-bond acceptors (Lipinski definition) is 6. The minimum Gasteiger partial charge on any atom is -0.488 e. The van der Waals surface area contributed by atoms with Crippen LogP contribution in [0.15, 0.2) is 121 Å². The highest BCUT2D eigenvalue weighted by molar-refractivity contribution is 6.15. The lowest BCUT2D eigenvalue weighted by molar-refractivity contribution is 0.00683. The molecule has 0 aliphatic rings. The summed E-state index contributed by atoms with van der Waals surface area (Å²) in [6.07, 6.45) is 0. The number of ether oxygens (including phenoxy) is 4. The van der Waals surface area contributed by atoms with Crippen LogP contribution in [0.1, 0.15) is 69.3 Å². The number of hydrogen-bond donors (Lipinski definition) is 0. The number of carbonyl (C=O) groups is 2. The number of aryl methyl sites for hydroxylation is 1. The molecule has 5 aromatic rings. The normalized spacial score (nSPS) is 11.0. The molecule has 0 bridgehead atoms. The molecule has 0 atom stereocenters. The summed E-state index contributed by atoms with van der Waals surface area (Å²) in [7, 11) is 0. The smallest absolute Gasteiger partial charge is 0.338 e. The predicted octanol–water partition coefficient (Wildman–Crippen LogP) is 8.92. The van der Waals surface area contributed by atoms with E-state index in [1.165, 1.54) is 0 Å². The molecule has 46 heavy (non-hydrogen) atoms. The topological polar surface area (TPSA) is 71.1 Å². The van der Waals surface area contributed by atoms with E-state index < -0.39 is 11.6 Å². The van der Waals surface area contributed by atoms with Crippen LogP contribution in [0, 0.1) is 6.92 Å². The second-order valence-electron chi connectivity index (χ2n) is 11.9. The van der Waals surface area contributed by atoms with Crippen LogP contribution in [0.4, 0.5) is 0 Å². The van der Waals surface area contributed by atoms with Crippen molar-refractivity contribution in [2.75, 3.05) is 0 Å². The molecule has 0 unspecified atom stereocenters. The molecule has 0 aromatic heterocycles. The highest BCUT2D eigenvalue weighted by Crippen LogP contribution is 2.38. The Morgan fingerprint density at radius 3 is 1.41 bits per heavy atom. The van der Waals surface area contributed by atoms with Gasteiger partial charge in [-0.3, -0.25) is 4.79 Å². The first kappa shape index (κ1) is 32.0. The molecule has 0 saturated heterocycles. The van der Waals surface area contributed by atoms with Crippen molar-refractivity contribution < 1.29 is 28.5 Å². The van der Waals surface area contributed by atoms with Gasteiger partial charge in [-0.2, -0.15) is 0 Å². The zero-order valence-corrected chi connectivity index (χ0v) is 26.6. The Hall–Kier alpha value is -5.36. The third kappa shape index (κ3) is 8.42. The maximum Gasteiger partial charge on any atom is 0.338 e. The minimum atomic E-state index is -0.728. The Morgan fingerprint density at radius 2 is 0.978 bits per heavy atom. The fraction of sp³-hybridized carbons (Fsp3) is 0.200. The number of ketones is 1. The van der Waals surface area contributed by atoms with E-state index in [9.17, 15) is 9.59 Å². The van der Waals surface area contributed by atoms with Gasteiger partial charge in [-0.1, -0.05) is 103 Å². The lowest BCUT2D eigenvalue weighted by atomic mass is 9.95. The van der Waals surface area contributed by atoms with Crippen molar-refractivity contribution in [1.29, 1.82) is 0 Å². The standard InChI is InChI=1S/C40H38O6/c1-28-15-14-22-33(43-25-29-16-8-5-9-17-29)36(28)38(41)37-34(44-26-30-18-10-6-11-19-30)23-32(39(42)46-40(2,3)4)24-35(37)45-27-31-20-12-7-13-21-31/h5-24H,25-27H2,1-4H3. The van der Waals surface area contributed by atoms with Gasteiger partial charge in [0, 0.05) is 0 Å². The predicted molar refractivity (Wildman–Crippen MR) is 179 cm³/mol. The summed E-state index contributed by atoms with van der Waals surface area (Å²) in [4.78, 5) is 28.1. The Balaban J connectivity index is 1.61. The highest BCUT2D eigenvalue weighted by atomic mass is 16.6. The van der Waals surface area contributed by atoms with Crippen LogP contribution in [0.3, 0.4) is 0 Å². The molecule has 5 rings (SSSR count). The van der Waals surface area contributed by atoms with Crippen molar-refractivity contribution >= 4 is 11.8 Å². The van der Waals surface area contributed by atoms with E-state index in [0.29, 0.717) is 11.3 Å². The van der Waals surface area contributed by atoms with E-state index in [0.717, 1.165) is 22.3 Å². The van der Waals surface area contributed by atoms with Crippen LogP contribution in [0.2, 0.25) is 0 Å². The lowest BCUT2D eigenvalue weighted by Gasteiger charge is -2.22. The molecule has 0 spiro atoms. The van der Waals surface area contributed by atoms with Gasteiger partial charge in [-0.05, 0) is 68.1 Å². The Bertz CT molecular complexity index is 1710. The average molecular weight is 615 g/mol. The molecular weight excluding hydrogens is 576 g/mol. The van der Waals surface area contributed by atoms with Crippen LogP contribution in [0.25, 0.3) is 0 Å². The molecule has 5 aromatic carbocycles. The summed E-state index contributed by atoms with van der Waals surface area (Å²) in [6.45, 7) is 7.90. The van der Waals surface area contributed by atoms with E-state index in [2.05, 4.69) is 0 Å². The SMILES string of the molecule is Cc1cccc(OCc2ccccc2)c1C(=O)c1c(OCc2ccccc2)cc(C(=O)OC(C)(C)C)cc1OCc1ccccc1. The molecule has 0 heterocycles. The van der Waals surface area contributed by atoms with Crippen molar-refractivity contribution in [3.63, 3.8) is 0 Å². The van der Waals surface area contributed by atoms with Crippen LogP contribution < -0.4 is 14.2 Å². The van der Waals surface area contributed by atoms with Crippen molar-refractivity contribution in [3.8, 4) is 17.2 Å². The Morgan fingerprint density at radius 1 is 0.543 bits per heavy atom. The van der Waals surface area contributed by atoms with Crippen molar-refractivity contribution in [1.82, 2.24) is 0 Å². The largest absolute Gasteiger partial charge is 0.488 e.